The van der Waals surface area contributed by atoms with E-state index in [9.17, 15) is 4.79 Å². The van der Waals surface area contributed by atoms with Crippen LogP contribution in [0.25, 0.3) is 0 Å². The number of nitrogens with zero attached hydrogens (tertiary/aromatic N) is 2. The minimum Gasteiger partial charge on any atom is -0.338 e. The first kappa shape index (κ1) is 15.0. The van der Waals surface area contributed by atoms with E-state index < -0.39 is 0 Å². The van der Waals surface area contributed by atoms with Crippen molar-refractivity contribution in [2.24, 2.45) is 0 Å². The summed E-state index contributed by atoms with van der Waals surface area (Å²) >= 11 is 0. The van der Waals surface area contributed by atoms with Crippen LogP contribution in [0, 0.1) is 0 Å². The zero-order chi connectivity index (χ0) is 14.5. The molecular weight excluding hydrogens is 250 g/mol. The molecule has 20 heavy (non-hydrogen) atoms. The van der Waals surface area contributed by atoms with Gasteiger partial charge in [0.2, 0.25) is 5.91 Å². The van der Waals surface area contributed by atoms with E-state index in [1.165, 1.54) is 5.56 Å². The molecule has 1 aliphatic rings. The summed E-state index contributed by atoms with van der Waals surface area (Å²) in [6, 6.07) is 10.8. The summed E-state index contributed by atoms with van der Waals surface area (Å²) in [5, 5.41) is 3.34. The maximum atomic E-state index is 12.4. The maximum absolute atomic E-state index is 12.4. The molecule has 1 heterocycles. The predicted octanol–water partition coefficient (Wildman–Crippen LogP) is 1.50. The standard InChI is InChI=1S/C16H25N3O/c1-13(14-7-5-4-6-8-14)19(3)16(20)12-18(2)15-9-10-17-11-15/h4-8,13,15,17H,9-12H2,1-3H3. The summed E-state index contributed by atoms with van der Waals surface area (Å²) in [5.41, 5.74) is 1.17. The number of amides is 1. The predicted molar refractivity (Wildman–Crippen MR) is 81.5 cm³/mol. The highest BCUT2D eigenvalue weighted by molar-refractivity contribution is 5.78. The number of carbonyl (C=O) groups excluding carboxylic acids is 1. The van der Waals surface area contributed by atoms with Gasteiger partial charge in [-0.25, -0.2) is 0 Å². The number of rotatable bonds is 5. The van der Waals surface area contributed by atoms with Gasteiger partial charge in [0.05, 0.1) is 12.6 Å². The fourth-order valence-corrected chi connectivity index (χ4v) is 2.64. The number of benzene rings is 1. The van der Waals surface area contributed by atoms with Crippen LogP contribution >= 0.6 is 0 Å². The number of likely N-dealkylation sites (N-methyl/N-ethyl adjacent to an activating group) is 2. The van der Waals surface area contributed by atoms with E-state index in [2.05, 4.69) is 29.3 Å². The number of carbonyl (C=O) groups is 1. The van der Waals surface area contributed by atoms with Crippen molar-refractivity contribution in [2.45, 2.75) is 25.4 Å². The monoisotopic (exact) mass is 275 g/mol. The first-order valence-electron chi connectivity index (χ1n) is 7.31. The van der Waals surface area contributed by atoms with Gasteiger partial charge in [-0.05, 0) is 32.5 Å². The van der Waals surface area contributed by atoms with Crippen molar-refractivity contribution < 1.29 is 4.79 Å². The maximum Gasteiger partial charge on any atom is 0.236 e. The van der Waals surface area contributed by atoms with Gasteiger partial charge in [0.1, 0.15) is 0 Å². The molecule has 0 saturated carbocycles. The van der Waals surface area contributed by atoms with Crippen LogP contribution in [0.3, 0.4) is 0 Å². The molecule has 1 N–H and O–H groups in total. The van der Waals surface area contributed by atoms with Crippen molar-refractivity contribution in [3.63, 3.8) is 0 Å². The molecule has 1 saturated heterocycles. The van der Waals surface area contributed by atoms with Crippen LogP contribution in [0.1, 0.15) is 24.9 Å². The molecular formula is C16H25N3O. The smallest absolute Gasteiger partial charge is 0.236 e. The normalized spacial score (nSPS) is 20.1. The molecule has 0 spiro atoms. The van der Waals surface area contributed by atoms with E-state index in [0.29, 0.717) is 12.6 Å². The SMILES string of the molecule is CC(c1ccccc1)N(C)C(=O)CN(C)C1CCNC1. The zero-order valence-corrected chi connectivity index (χ0v) is 12.7. The molecule has 1 aliphatic heterocycles. The van der Waals surface area contributed by atoms with Gasteiger partial charge in [-0.1, -0.05) is 30.3 Å². The third kappa shape index (κ3) is 3.58. The molecule has 0 bridgehead atoms. The molecule has 2 unspecified atom stereocenters. The molecule has 0 radical (unpaired) electrons. The Balaban J connectivity index is 1.91. The second-order valence-corrected chi connectivity index (χ2v) is 5.65. The van der Waals surface area contributed by atoms with Crippen LogP contribution in [0.15, 0.2) is 30.3 Å². The molecule has 2 rings (SSSR count). The van der Waals surface area contributed by atoms with Crippen LogP contribution in [0.2, 0.25) is 0 Å². The highest BCUT2D eigenvalue weighted by Crippen LogP contribution is 2.18. The Morgan fingerprint density at radius 2 is 2.05 bits per heavy atom. The van der Waals surface area contributed by atoms with Crippen molar-refractivity contribution in [1.29, 1.82) is 0 Å². The lowest BCUT2D eigenvalue weighted by molar-refractivity contribution is -0.133. The fourth-order valence-electron chi connectivity index (χ4n) is 2.64. The van der Waals surface area contributed by atoms with Gasteiger partial charge in [-0.2, -0.15) is 0 Å². The summed E-state index contributed by atoms with van der Waals surface area (Å²) < 4.78 is 0. The van der Waals surface area contributed by atoms with Crippen LogP contribution in [0.4, 0.5) is 0 Å². The van der Waals surface area contributed by atoms with Gasteiger partial charge in [0, 0.05) is 19.6 Å². The Morgan fingerprint density at radius 3 is 2.65 bits per heavy atom. The van der Waals surface area contributed by atoms with Gasteiger partial charge in [-0.15, -0.1) is 0 Å². The average Bonchev–Trinajstić information content (AvgIpc) is 3.01. The average molecular weight is 275 g/mol. The lowest BCUT2D eigenvalue weighted by atomic mass is 10.1. The highest BCUT2D eigenvalue weighted by Gasteiger charge is 2.24. The van der Waals surface area contributed by atoms with Crippen LogP contribution in [-0.4, -0.2) is 55.5 Å². The molecule has 4 nitrogen and oxygen atoms in total. The van der Waals surface area contributed by atoms with E-state index in [-0.39, 0.29) is 11.9 Å². The lowest BCUT2D eigenvalue weighted by Crippen LogP contribution is -2.42. The third-order valence-corrected chi connectivity index (χ3v) is 4.30. The number of hydrogen-bond acceptors (Lipinski definition) is 3. The van der Waals surface area contributed by atoms with Crippen molar-refractivity contribution >= 4 is 5.91 Å². The first-order valence-corrected chi connectivity index (χ1v) is 7.31. The van der Waals surface area contributed by atoms with Crippen molar-refractivity contribution in [3.8, 4) is 0 Å². The molecule has 2 atom stereocenters. The molecule has 0 aromatic heterocycles. The van der Waals surface area contributed by atoms with Crippen molar-refractivity contribution in [2.75, 3.05) is 33.7 Å². The van der Waals surface area contributed by atoms with E-state index in [1.807, 2.05) is 37.2 Å². The summed E-state index contributed by atoms with van der Waals surface area (Å²) in [6.45, 7) is 4.60. The van der Waals surface area contributed by atoms with E-state index in [4.69, 9.17) is 0 Å². The van der Waals surface area contributed by atoms with E-state index in [1.54, 1.807) is 0 Å². The Bertz CT molecular complexity index is 429. The topological polar surface area (TPSA) is 35.6 Å². The lowest BCUT2D eigenvalue weighted by Gasteiger charge is -2.29. The third-order valence-electron chi connectivity index (χ3n) is 4.30. The summed E-state index contributed by atoms with van der Waals surface area (Å²) in [5.74, 6) is 0.177. The van der Waals surface area contributed by atoms with Crippen LogP contribution < -0.4 is 5.32 Å². The fraction of sp³-hybridized carbons (Fsp3) is 0.562. The van der Waals surface area contributed by atoms with Crippen molar-refractivity contribution in [1.82, 2.24) is 15.1 Å². The van der Waals surface area contributed by atoms with Crippen molar-refractivity contribution in [3.05, 3.63) is 35.9 Å². The molecule has 110 valence electrons. The van der Waals surface area contributed by atoms with Gasteiger partial charge < -0.3 is 10.2 Å². The second-order valence-electron chi connectivity index (χ2n) is 5.65. The van der Waals surface area contributed by atoms with Gasteiger partial charge in [0.15, 0.2) is 0 Å². The first-order chi connectivity index (χ1) is 9.59. The summed E-state index contributed by atoms with van der Waals surface area (Å²) in [6.07, 6.45) is 1.13. The zero-order valence-electron chi connectivity index (χ0n) is 12.7. The molecule has 1 aromatic carbocycles. The van der Waals surface area contributed by atoms with E-state index in [0.717, 1.165) is 19.5 Å². The summed E-state index contributed by atoms with van der Waals surface area (Å²) in [4.78, 5) is 16.4. The molecule has 4 heteroatoms. The Labute approximate surface area is 121 Å². The van der Waals surface area contributed by atoms with E-state index >= 15 is 0 Å². The largest absolute Gasteiger partial charge is 0.338 e. The van der Waals surface area contributed by atoms with Gasteiger partial charge >= 0.3 is 0 Å². The number of nitrogens with one attached hydrogen (secondary N) is 1. The molecule has 1 amide bonds. The van der Waals surface area contributed by atoms with Crippen LogP contribution in [-0.2, 0) is 4.79 Å². The molecule has 0 aliphatic carbocycles. The molecule has 1 fully saturated rings. The highest BCUT2D eigenvalue weighted by atomic mass is 16.2. The quantitative estimate of drug-likeness (QED) is 0.884. The number of hydrogen-bond donors (Lipinski definition) is 1. The van der Waals surface area contributed by atoms with Gasteiger partial charge in [0.25, 0.3) is 0 Å². The molecule has 1 aromatic rings. The van der Waals surface area contributed by atoms with Crippen LogP contribution in [0.5, 0.6) is 0 Å². The Kier molecular flexibility index (Phi) is 5.15. The summed E-state index contributed by atoms with van der Waals surface area (Å²) in [7, 11) is 3.93. The van der Waals surface area contributed by atoms with Gasteiger partial charge in [-0.3, -0.25) is 9.69 Å². The minimum absolute atomic E-state index is 0.110. The Hall–Kier alpha value is -1.39. The Morgan fingerprint density at radius 1 is 1.35 bits per heavy atom. The second kappa shape index (κ2) is 6.86. The minimum atomic E-state index is 0.110.